The lowest BCUT2D eigenvalue weighted by molar-refractivity contribution is 0.414. The molecule has 3 aromatic rings. The molecule has 5 heteroatoms. The van der Waals surface area contributed by atoms with Gasteiger partial charge in [0.1, 0.15) is 11.6 Å². The van der Waals surface area contributed by atoms with Gasteiger partial charge in [-0.25, -0.2) is 4.39 Å². The Labute approximate surface area is 114 Å². The quantitative estimate of drug-likeness (QED) is 0.718. The molecule has 0 bridgehead atoms. The highest BCUT2D eigenvalue weighted by Gasteiger charge is 2.07. The largest absolute Gasteiger partial charge is 0.497 e. The number of halogens is 1. The zero-order valence-corrected chi connectivity index (χ0v) is 10.7. The average Bonchev–Trinajstić information content (AvgIpc) is 2.48. The van der Waals surface area contributed by atoms with Crippen molar-refractivity contribution in [1.82, 2.24) is 9.78 Å². The summed E-state index contributed by atoms with van der Waals surface area (Å²) in [4.78, 5) is 12.3. The fourth-order valence-corrected chi connectivity index (χ4v) is 2.03. The van der Waals surface area contributed by atoms with E-state index in [4.69, 9.17) is 4.74 Å². The number of benzene rings is 2. The second-order valence-electron chi connectivity index (χ2n) is 4.29. The van der Waals surface area contributed by atoms with Gasteiger partial charge in [-0.1, -0.05) is 0 Å². The Morgan fingerprint density at radius 2 is 1.90 bits per heavy atom. The molecule has 0 N–H and O–H groups in total. The molecule has 1 aromatic heterocycles. The monoisotopic (exact) mass is 270 g/mol. The van der Waals surface area contributed by atoms with Gasteiger partial charge in [0.2, 0.25) is 0 Å². The van der Waals surface area contributed by atoms with Crippen LogP contribution in [0.5, 0.6) is 5.75 Å². The number of nitrogens with zero attached hydrogens (tertiary/aromatic N) is 2. The van der Waals surface area contributed by atoms with E-state index >= 15 is 0 Å². The minimum absolute atomic E-state index is 0.285. The third-order valence-electron chi connectivity index (χ3n) is 3.07. The molecular formula is C15H11FN2O2. The second-order valence-corrected chi connectivity index (χ2v) is 4.29. The molecule has 0 saturated heterocycles. The topological polar surface area (TPSA) is 44.1 Å². The molecule has 0 radical (unpaired) electrons. The number of ether oxygens (including phenoxy) is 1. The number of fused-ring (bicyclic) bond motifs is 1. The normalized spacial score (nSPS) is 10.7. The lowest BCUT2D eigenvalue weighted by atomic mass is 10.2. The summed E-state index contributed by atoms with van der Waals surface area (Å²) in [5, 5.41) is 4.98. The molecular weight excluding hydrogens is 259 g/mol. The van der Waals surface area contributed by atoms with Crippen molar-refractivity contribution < 1.29 is 9.13 Å². The van der Waals surface area contributed by atoms with Crippen LogP contribution >= 0.6 is 0 Å². The number of hydrogen-bond donors (Lipinski definition) is 0. The number of methoxy groups -OCH3 is 1. The Balaban J connectivity index is 2.18. The molecule has 3 rings (SSSR count). The molecule has 1 heterocycles. The van der Waals surface area contributed by atoms with Gasteiger partial charge in [0, 0.05) is 5.39 Å². The third-order valence-corrected chi connectivity index (χ3v) is 3.07. The highest BCUT2D eigenvalue weighted by molar-refractivity contribution is 5.80. The minimum Gasteiger partial charge on any atom is -0.497 e. The van der Waals surface area contributed by atoms with Gasteiger partial charge in [0.15, 0.2) is 0 Å². The maximum atomic E-state index is 13.1. The number of rotatable bonds is 2. The summed E-state index contributed by atoms with van der Waals surface area (Å²) in [6.45, 7) is 0. The highest BCUT2D eigenvalue weighted by Crippen LogP contribution is 2.15. The molecule has 4 nitrogen and oxygen atoms in total. The standard InChI is InChI=1S/C15H11FN2O2/c1-20-13-5-3-12(4-6-13)18-15(19)14-7-2-11(16)8-10(14)9-17-18/h2-9H,1H3. The summed E-state index contributed by atoms with van der Waals surface area (Å²) in [6.07, 6.45) is 1.48. The van der Waals surface area contributed by atoms with Gasteiger partial charge in [0.05, 0.1) is 24.4 Å². The number of aromatic nitrogens is 2. The van der Waals surface area contributed by atoms with Crippen molar-refractivity contribution in [2.45, 2.75) is 0 Å². The van der Waals surface area contributed by atoms with E-state index < -0.39 is 0 Å². The SMILES string of the molecule is COc1ccc(-n2ncc3cc(F)ccc3c2=O)cc1. The Hall–Kier alpha value is -2.69. The first-order chi connectivity index (χ1) is 9.69. The van der Waals surface area contributed by atoms with E-state index in [2.05, 4.69) is 5.10 Å². The van der Waals surface area contributed by atoms with Crippen LogP contribution < -0.4 is 10.3 Å². The van der Waals surface area contributed by atoms with Crippen LogP contribution in [-0.2, 0) is 0 Å². The van der Waals surface area contributed by atoms with Gasteiger partial charge in [0.25, 0.3) is 5.56 Å². The summed E-state index contributed by atoms with van der Waals surface area (Å²) >= 11 is 0. The van der Waals surface area contributed by atoms with E-state index in [0.717, 1.165) is 0 Å². The molecule has 0 aliphatic rings. The molecule has 100 valence electrons. The lowest BCUT2D eigenvalue weighted by Crippen LogP contribution is -2.20. The fraction of sp³-hybridized carbons (Fsp3) is 0.0667. The van der Waals surface area contributed by atoms with Crippen molar-refractivity contribution in [2.75, 3.05) is 7.11 Å². The molecule has 0 aliphatic heterocycles. The van der Waals surface area contributed by atoms with E-state index in [9.17, 15) is 9.18 Å². The van der Waals surface area contributed by atoms with Crippen LogP contribution in [0.3, 0.4) is 0 Å². The molecule has 0 spiro atoms. The van der Waals surface area contributed by atoms with E-state index in [1.54, 1.807) is 31.4 Å². The van der Waals surface area contributed by atoms with Gasteiger partial charge in [-0.15, -0.1) is 0 Å². The molecule has 0 atom stereocenters. The van der Waals surface area contributed by atoms with Crippen LogP contribution in [0.25, 0.3) is 16.5 Å². The van der Waals surface area contributed by atoms with Crippen molar-refractivity contribution in [3.05, 3.63) is 64.8 Å². The maximum Gasteiger partial charge on any atom is 0.279 e. The van der Waals surface area contributed by atoms with E-state index in [1.165, 1.54) is 29.1 Å². The van der Waals surface area contributed by atoms with Gasteiger partial charge >= 0.3 is 0 Å². The van der Waals surface area contributed by atoms with Crippen molar-refractivity contribution >= 4 is 10.8 Å². The first kappa shape index (κ1) is 12.3. The van der Waals surface area contributed by atoms with Crippen molar-refractivity contribution in [3.8, 4) is 11.4 Å². The van der Waals surface area contributed by atoms with Crippen LogP contribution in [0, 0.1) is 5.82 Å². The summed E-state index contributed by atoms with van der Waals surface area (Å²) in [5.74, 6) is 0.311. The first-order valence-corrected chi connectivity index (χ1v) is 6.01. The first-order valence-electron chi connectivity index (χ1n) is 6.01. The van der Waals surface area contributed by atoms with E-state index in [1.807, 2.05) is 0 Å². The smallest absolute Gasteiger partial charge is 0.279 e. The second kappa shape index (κ2) is 4.77. The lowest BCUT2D eigenvalue weighted by Gasteiger charge is -2.06. The molecule has 0 fully saturated rings. The zero-order chi connectivity index (χ0) is 14.1. The van der Waals surface area contributed by atoms with E-state index in [0.29, 0.717) is 22.2 Å². The third kappa shape index (κ3) is 2.03. The fourth-order valence-electron chi connectivity index (χ4n) is 2.03. The molecule has 0 aliphatic carbocycles. The average molecular weight is 270 g/mol. The summed E-state index contributed by atoms with van der Waals surface area (Å²) < 4.78 is 19.5. The zero-order valence-electron chi connectivity index (χ0n) is 10.7. The minimum atomic E-state index is -0.388. The maximum absolute atomic E-state index is 13.1. The van der Waals surface area contributed by atoms with E-state index in [-0.39, 0.29) is 11.4 Å². The summed E-state index contributed by atoms with van der Waals surface area (Å²) in [7, 11) is 1.57. The van der Waals surface area contributed by atoms with Crippen LogP contribution in [0.15, 0.2) is 53.5 Å². The van der Waals surface area contributed by atoms with Crippen LogP contribution in [0.2, 0.25) is 0 Å². The Morgan fingerprint density at radius 1 is 1.15 bits per heavy atom. The Morgan fingerprint density at radius 3 is 2.60 bits per heavy atom. The predicted molar refractivity (Wildman–Crippen MR) is 73.9 cm³/mol. The van der Waals surface area contributed by atoms with Gasteiger partial charge < -0.3 is 4.74 Å². The number of hydrogen-bond acceptors (Lipinski definition) is 3. The molecule has 0 amide bonds. The van der Waals surface area contributed by atoms with Crippen LogP contribution in [0.4, 0.5) is 4.39 Å². The summed E-state index contributed by atoms with van der Waals surface area (Å²) in [6, 6.07) is 11.0. The van der Waals surface area contributed by atoms with Crippen molar-refractivity contribution in [2.24, 2.45) is 0 Å². The van der Waals surface area contributed by atoms with Gasteiger partial charge in [-0.2, -0.15) is 9.78 Å². The van der Waals surface area contributed by atoms with Gasteiger partial charge in [-0.3, -0.25) is 4.79 Å². The Bertz CT molecular complexity index is 825. The van der Waals surface area contributed by atoms with Crippen molar-refractivity contribution in [1.29, 1.82) is 0 Å². The molecule has 0 unspecified atom stereocenters. The van der Waals surface area contributed by atoms with Gasteiger partial charge in [-0.05, 0) is 42.5 Å². The Kier molecular flexibility index (Phi) is 2.95. The van der Waals surface area contributed by atoms with Crippen LogP contribution in [0.1, 0.15) is 0 Å². The molecule has 2 aromatic carbocycles. The highest BCUT2D eigenvalue weighted by atomic mass is 19.1. The summed E-state index contributed by atoms with van der Waals surface area (Å²) in [5.41, 5.74) is 0.342. The molecule has 0 saturated carbocycles. The predicted octanol–water partition coefficient (Wildman–Crippen LogP) is 2.53. The van der Waals surface area contributed by atoms with Crippen LogP contribution in [-0.4, -0.2) is 16.9 Å². The molecule has 20 heavy (non-hydrogen) atoms. The van der Waals surface area contributed by atoms with Crippen molar-refractivity contribution in [3.63, 3.8) is 0 Å².